The SMILES string of the molecule is CC(C)[Si](OC[C@@H]1[C@H]2CCC(C2)[C@@H]1Nc1c(C(=O)O)cnc2[nH]ccc12)(C(C)C)C(C)C. The van der Waals surface area contributed by atoms with Gasteiger partial charge in [0.15, 0.2) is 8.32 Å². The molecule has 0 aromatic carbocycles. The summed E-state index contributed by atoms with van der Waals surface area (Å²) in [5.74, 6) is 0.712. The normalized spacial score (nSPS) is 25.5. The van der Waals surface area contributed by atoms with Crippen LogP contribution in [0.15, 0.2) is 18.5 Å². The second-order valence-corrected chi connectivity index (χ2v) is 16.3. The van der Waals surface area contributed by atoms with E-state index in [4.69, 9.17) is 4.43 Å². The number of carbonyl (C=O) groups is 1. The first-order chi connectivity index (χ1) is 15.2. The van der Waals surface area contributed by atoms with Crippen LogP contribution in [0.25, 0.3) is 11.0 Å². The van der Waals surface area contributed by atoms with Gasteiger partial charge in [-0.25, -0.2) is 9.78 Å². The third-order valence-electron chi connectivity index (χ3n) is 8.45. The molecule has 176 valence electrons. The number of carboxylic acid groups (broad SMARTS) is 1. The van der Waals surface area contributed by atoms with Gasteiger partial charge < -0.3 is 19.8 Å². The summed E-state index contributed by atoms with van der Waals surface area (Å²) in [6, 6.07) is 2.16. The zero-order valence-corrected chi connectivity index (χ0v) is 21.3. The Balaban J connectivity index is 1.63. The molecule has 2 aliphatic carbocycles. The fourth-order valence-electron chi connectivity index (χ4n) is 7.11. The van der Waals surface area contributed by atoms with Gasteiger partial charge in [0.25, 0.3) is 0 Å². The lowest BCUT2D eigenvalue weighted by molar-refractivity contribution is 0.0697. The zero-order chi connectivity index (χ0) is 23.2. The first-order valence-electron chi connectivity index (χ1n) is 12.3. The molecule has 4 atom stereocenters. The van der Waals surface area contributed by atoms with Crippen molar-refractivity contribution in [2.24, 2.45) is 17.8 Å². The summed E-state index contributed by atoms with van der Waals surface area (Å²) in [6.45, 7) is 14.8. The predicted octanol–water partition coefficient (Wildman–Crippen LogP) is 6.28. The minimum atomic E-state index is -1.94. The molecule has 3 N–H and O–H groups in total. The molecule has 2 aromatic heterocycles. The van der Waals surface area contributed by atoms with Crippen LogP contribution in [0.1, 0.15) is 71.2 Å². The number of nitrogens with zero attached hydrogens (tertiary/aromatic N) is 1. The largest absolute Gasteiger partial charge is 0.478 e. The monoisotopic (exact) mass is 457 g/mol. The van der Waals surface area contributed by atoms with E-state index < -0.39 is 14.3 Å². The van der Waals surface area contributed by atoms with Crippen molar-refractivity contribution in [1.82, 2.24) is 9.97 Å². The maximum atomic E-state index is 12.0. The molecular formula is C25H39N3O3Si. The average molecular weight is 458 g/mol. The molecule has 2 saturated carbocycles. The van der Waals surface area contributed by atoms with Gasteiger partial charge in [0.1, 0.15) is 11.2 Å². The summed E-state index contributed by atoms with van der Waals surface area (Å²) in [7, 11) is -1.94. The Labute approximate surface area is 192 Å². The summed E-state index contributed by atoms with van der Waals surface area (Å²) in [6.07, 6.45) is 6.98. The zero-order valence-electron chi connectivity index (χ0n) is 20.3. The first-order valence-corrected chi connectivity index (χ1v) is 14.4. The Kier molecular flexibility index (Phi) is 6.42. The van der Waals surface area contributed by atoms with Crippen LogP contribution in [0.4, 0.5) is 5.69 Å². The summed E-state index contributed by atoms with van der Waals surface area (Å²) in [5, 5.41) is 14.4. The molecule has 0 amide bonds. The smallest absolute Gasteiger partial charge is 0.339 e. The number of pyridine rings is 1. The Morgan fingerprint density at radius 3 is 2.47 bits per heavy atom. The molecule has 4 rings (SSSR count). The molecule has 7 heteroatoms. The fourth-order valence-corrected chi connectivity index (χ4v) is 12.6. The first kappa shape index (κ1) is 23.3. The highest BCUT2D eigenvalue weighted by atomic mass is 28.4. The summed E-state index contributed by atoms with van der Waals surface area (Å²) in [4.78, 5) is 19.4. The molecule has 1 unspecified atom stereocenters. The van der Waals surface area contributed by atoms with Gasteiger partial charge in [0, 0.05) is 36.3 Å². The van der Waals surface area contributed by atoms with Crippen LogP contribution in [-0.2, 0) is 4.43 Å². The Bertz CT molecular complexity index is 949. The van der Waals surface area contributed by atoms with Gasteiger partial charge in [-0.05, 0) is 53.8 Å². The number of fused-ring (bicyclic) bond motifs is 3. The van der Waals surface area contributed by atoms with Gasteiger partial charge in [-0.2, -0.15) is 0 Å². The quantitative estimate of drug-likeness (QED) is 0.386. The molecule has 2 aliphatic rings. The van der Waals surface area contributed by atoms with E-state index in [1.807, 2.05) is 12.3 Å². The summed E-state index contributed by atoms with van der Waals surface area (Å²) in [5.41, 5.74) is 3.35. The van der Waals surface area contributed by atoms with Crippen LogP contribution in [-0.4, -0.2) is 42.0 Å². The maximum Gasteiger partial charge on any atom is 0.339 e. The molecule has 0 saturated heterocycles. The minimum absolute atomic E-state index is 0.241. The van der Waals surface area contributed by atoms with Crippen LogP contribution in [0.2, 0.25) is 16.6 Å². The van der Waals surface area contributed by atoms with Crippen molar-refractivity contribution in [2.75, 3.05) is 11.9 Å². The van der Waals surface area contributed by atoms with E-state index in [9.17, 15) is 9.90 Å². The van der Waals surface area contributed by atoms with Crippen molar-refractivity contribution in [3.05, 3.63) is 24.0 Å². The summed E-state index contributed by atoms with van der Waals surface area (Å²) < 4.78 is 7.03. The highest BCUT2D eigenvalue weighted by Crippen LogP contribution is 2.51. The third kappa shape index (κ3) is 3.77. The van der Waals surface area contributed by atoms with Gasteiger partial charge in [-0.1, -0.05) is 41.5 Å². The Morgan fingerprint density at radius 1 is 1.19 bits per heavy atom. The van der Waals surface area contributed by atoms with Crippen LogP contribution in [0.5, 0.6) is 0 Å². The van der Waals surface area contributed by atoms with E-state index in [2.05, 4.69) is 56.8 Å². The third-order valence-corrected chi connectivity index (χ3v) is 14.5. The van der Waals surface area contributed by atoms with Gasteiger partial charge in [0.2, 0.25) is 0 Å². The fraction of sp³-hybridized carbons (Fsp3) is 0.680. The molecule has 0 aliphatic heterocycles. The molecule has 2 heterocycles. The molecule has 6 nitrogen and oxygen atoms in total. The van der Waals surface area contributed by atoms with Crippen molar-refractivity contribution >= 4 is 31.0 Å². The van der Waals surface area contributed by atoms with Gasteiger partial charge in [-0.3, -0.25) is 0 Å². The average Bonchev–Trinajstić information content (AvgIpc) is 3.44. The van der Waals surface area contributed by atoms with Crippen molar-refractivity contribution in [1.29, 1.82) is 0 Å². The van der Waals surface area contributed by atoms with Crippen LogP contribution >= 0.6 is 0 Å². The number of H-pyrrole nitrogens is 1. The molecule has 2 bridgehead atoms. The van der Waals surface area contributed by atoms with E-state index in [1.54, 1.807) is 0 Å². The van der Waals surface area contributed by atoms with Gasteiger partial charge in [0.05, 0.1) is 5.69 Å². The predicted molar refractivity (Wildman–Crippen MR) is 132 cm³/mol. The summed E-state index contributed by atoms with van der Waals surface area (Å²) >= 11 is 0. The van der Waals surface area contributed by atoms with Crippen molar-refractivity contribution < 1.29 is 14.3 Å². The standard InChI is InChI=1S/C25H39N3O3Si/c1-14(2)32(15(3)4,16(5)6)31-13-21-17-7-8-18(11-17)22(21)28-23-19-9-10-26-24(19)27-12-20(23)25(29)30/h9-10,12,14-18,21-22H,7-8,11,13H2,1-6H3,(H,29,30)(H2,26,27,28)/t17-,18?,21+,22-/m0/s1. The lowest BCUT2D eigenvalue weighted by Crippen LogP contribution is -2.50. The van der Waals surface area contributed by atoms with E-state index in [0.29, 0.717) is 40.1 Å². The lowest BCUT2D eigenvalue weighted by Gasteiger charge is -2.44. The van der Waals surface area contributed by atoms with E-state index in [-0.39, 0.29) is 11.6 Å². The number of aromatic carboxylic acids is 1. The molecular weight excluding hydrogens is 418 g/mol. The van der Waals surface area contributed by atoms with Crippen LogP contribution in [0, 0.1) is 17.8 Å². The number of rotatable bonds is 9. The number of aromatic nitrogens is 2. The van der Waals surface area contributed by atoms with Gasteiger partial charge in [-0.15, -0.1) is 0 Å². The molecule has 2 fully saturated rings. The topological polar surface area (TPSA) is 87.2 Å². The number of carboxylic acids is 1. The number of hydrogen-bond acceptors (Lipinski definition) is 4. The minimum Gasteiger partial charge on any atom is -0.478 e. The highest BCUT2D eigenvalue weighted by Gasteiger charge is 2.51. The van der Waals surface area contributed by atoms with E-state index >= 15 is 0 Å². The second kappa shape index (κ2) is 8.82. The van der Waals surface area contributed by atoms with E-state index in [1.165, 1.54) is 25.5 Å². The highest BCUT2D eigenvalue weighted by molar-refractivity contribution is 6.77. The molecule has 2 aromatic rings. The van der Waals surface area contributed by atoms with Gasteiger partial charge >= 0.3 is 5.97 Å². The van der Waals surface area contributed by atoms with Crippen LogP contribution < -0.4 is 5.32 Å². The van der Waals surface area contributed by atoms with Crippen molar-refractivity contribution in [2.45, 2.75) is 83.5 Å². The molecule has 0 spiro atoms. The second-order valence-electron chi connectivity index (χ2n) is 10.9. The maximum absolute atomic E-state index is 12.0. The Hall–Kier alpha value is -1.86. The van der Waals surface area contributed by atoms with Crippen molar-refractivity contribution in [3.8, 4) is 0 Å². The number of hydrogen-bond donors (Lipinski definition) is 3. The molecule has 32 heavy (non-hydrogen) atoms. The number of nitrogens with one attached hydrogen (secondary N) is 2. The Morgan fingerprint density at radius 2 is 1.84 bits per heavy atom. The number of aromatic amines is 1. The van der Waals surface area contributed by atoms with E-state index in [0.717, 1.165) is 17.6 Å². The lowest BCUT2D eigenvalue weighted by atomic mass is 9.84. The number of anilines is 1. The van der Waals surface area contributed by atoms with Crippen molar-refractivity contribution in [3.63, 3.8) is 0 Å². The van der Waals surface area contributed by atoms with Crippen LogP contribution in [0.3, 0.4) is 0 Å². The molecule has 0 radical (unpaired) electrons.